The molecule has 0 radical (unpaired) electrons. The minimum Gasteiger partial charge on any atom is -0.493 e. The van der Waals surface area contributed by atoms with Gasteiger partial charge >= 0.3 is 0 Å². The summed E-state index contributed by atoms with van der Waals surface area (Å²) in [5.41, 5.74) is 7.65. The van der Waals surface area contributed by atoms with E-state index in [-0.39, 0.29) is 5.84 Å². The van der Waals surface area contributed by atoms with Crippen molar-refractivity contribution in [2.24, 2.45) is 5.73 Å². The molecule has 0 fully saturated rings. The van der Waals surface area contributed by atoms with Crippen molar-refractivity contribution in [3.63, 3.8) is 0 Å². The van der Waals surface area contributed by atoms with Crippen molar-refractivity contribution in [1.29, 1.82) is 5.41 Å². The zero-order chi connectivity index (χ0) is 12.0. The second-order valence-corrected chi connectivity index (χ2v) is 4.10. The van der Waals surface area contributed by atoms with Gasteiger partial charge in [-0.3, -0.25) is 5.41 Å². The Morgan fingerprint density at radius 2 is 2.06 bits per heavy atom. The summed E-state index contributed by atoms with van der Waals surface area (Å²) in [6, 6.07) is 6.21. The fraction of sp³-hybridized carbons (Fsp3) is 0.462. The topological polar surface area (TPSA) is 59.1 Å². The van der Waals surface area contributed by atoms with Crippen LogP contribution in [0.5, 0.6) is 5.75 Å². The molecule has 0 aliphatic carbocycles. The molecular formula is C13H20N2O. The predicted octanol–water partition coefficient (Wildman–Crippen LogP) is 2.79. The molecule has 0 aliphatic heterocycles. The monoisotopic (exact) mass is 220 g/mol. The smallest absolute Gasteiger partial charge is 0.122 e. The third-order valence-electron chi connectivity index (χ3n) is 2.44. The Labute approximate surface area is 97.1 Å². The van der Waals surface area contributed by atoms with E-state index in [0.29, 0.717) is 13.0 Å². The van der Waals surface area contributed by atoms with Crippen molar-refractivity contribution in [1.82, 2.24) is 0 Å². The molecule has 3 heteroatoms. The lowest BCUT2D eigenvalue weighted by Crippen LogP contribution is -2.09. The van der Waals surface area contributed by atoms with Crippen molar-refractivity contribution in [2.75, 3.05) is 6.61 Å². The Balaban J connectivity index is 2.31. The van der Waals surface area contributed by atoms with E-state index in [4.69, 9.17) is 15.9 Å². The van der Waals surface area contributed by atoms with Gasteiger partial charge in [-0.05, 0) is 43.9 Å². The third kappa shape index (κ3) is 4.34. The van der Waals surface area contributed by atoms with Crippen molar-refractivity contribution in [3.8, 4) is 5.75 Å². The Morgan fingerprint density at radius 1 is 1.31 bits per heavy atom. The van der Waals surface area contributed by atoms with Gasteiger partial charge in [0.1, 0.15) is 5.75 Å². The highest BCUT2D eigenvalue weighted by Gasteiger charge is 1.99. The van der Waals surface area contributed by atoms with Crippen LogP contribution in [0.15, 0.2) is 18.2 Å². The zero-order valence-electron chi connectivity index (χ0n) is 10.0. The maximum atomic E-state index is 7.09. The van der Waals surface area contributed by atoms with Crippen LogP contribution in [0.3, 0.4) is 0 Å². The van der Waals surface area contributed by atoms with Crippen LogP contribution in [-0.4, -0.2) is 12.4 Å². The first-order valence-electron chi connectivity index (χ1n) is 5.62. The summed E-state index contributed by atoms with van der Waals surface area (Å²) in [5.74, 6) is 1.22. The molecule has 1 aromatic rings. The number of nitrogens with two attached hydrogens (primary N) is 1. The normalized spacial score (nSPS) is 10.1. The highest BCUT2D eigenvalue weighted by Crippen LogP contribution is 2.19. The molecule has 0 atom stereocenters. The summed E-state index contributed by atoms with van der Waals surface area (Å²) in [6.07, 6.45) is 2.52. The summed E-state index contributed by atoms with van der Waals surface area (Å²) in [5, 5.41) is 7.09. The van der Waals surface area contributed by atoms with E-state index in [9.17, 15) is 0 Å². The molecule has 0 unspecified atom stereocenters. The summed E-state index contributed by atoms with van der Waals surface area (Å²) < 4.78 is 5.69. The van der Waals surface area contributed by atoms with Gasteiger partial charge in [0, 0.05) is 6.42 Å². The number of benzene rings is 1. The molecule has 0 aliphatic rings. The molecule has 88 valence electrons. The van der Waals surface area contributed by atoms with Crippen LogP contribution in [0.4, 0.5) is 0 Å². The number of unbranched alkanes of at least 4 members (excludes halogenated alkanes) is 1. The summed E-state index contributed by atoms with van der Waals surface area (Å²) in [4.78, 5) is 0. The number of rotatable bonds is 6. The van der Waals surface area contributed by atoms with Crippen LogP contribution < -0.4 is 10.5 Å². The van der Waals surface area contributed by atoms with Crippen LogP contribution in [0.1, 0.15) is 30.4 Å². The van der Waals surface area contributed by atoms with Crippen LogP contribution in [0.25, 0.3) is 0 Å². The lowest BCUT2D eigenvalue weighted by atomic mass is 10.1. The average molecular weight is 220 g/mol. The molecule has 0 spiro atoms. The third-order valence-corrected chi connectivity index (χ3v) is 2.44. The molecule has 0 heterocycles. The van der Waals surface area contributed by atoms with Crippen molar-refractivity contribution in [2.45, 2.75) is 33.1 Å². The number of aryl methyl sites for hydroxylation is 2. The van der Waals surface area contributed by atoms with Crippen molar-refractivity contribution < 1.29 is 4.74 Å². The van der Waals surface area contributed by atoms with Gasteiger partial charge in [0.25, 0.3) is 0 Å². The van der Waals surface area contributed by atoms with Crippen LogP contribution in [0, 0.1) is 19.3 Å². The number of amidine groups is 1. The van der Waals surface area contributed by atoms with E-state index in [1.54, 1.807) is 0 Å². The van der Waals surface area contributed by atoms with Crippen molar-refractivity contribution in [3.05, 3.63) is 29.3 Å². The number of hydrogen-bond acceptors (Lipinski definition) is 2. The maximum absolute atomic E-state index is 7.09. The molecule has 3 nitrogen and oxygen atoms in total. The second kappa shape index (κ2) is 6.16. The summed E-state index contributed by atoms with van der Waals surface area (Å²) in [7, 11) is 0. The lowest BCUT2D eigenvalue weighted by molar-refractivity contribution is 0.305. The van der Waals surface area contributed by atoms with Crippen LogP contribution in [-0.2, 0) is 0 Å². The number of hydrogen-bond donors (Lipinski definition) is 2. The van der Waals surface area contributed by atoms with Crippen LogP contribution >= 0.6 is 0 Å². The molecule has 0 saturated carbocycles. The van der Waals surface area contributed by atoms with Gasteiger partial charge in [-0.1, -0.05) is 12.1 Å². The second-order valence-electron chi connectivity index (χ2n) is 4.10. The van der Waals surface area contributed by atoms with Gasteiger partial charge in [0.15, 0.2) is 0 Å². The molecule has 0 aromatic heterocycles. The quantitative estimate of drug-likeness (QED) is 0.440. The van der Waals surface area contributed by atoms with Gasteiger partial charge in [-0.2, -0.15) is 0 Å². The Bertz CT molecular complexity index is 361. The van der Waals surface area contributed by atoms with E-state index in [1.807, 2.05) is 6.92 Å². The molecule has 16 heavy (non-hydrogen) atoms. The SMILES string of the molecule is Cc1ccc(C)c(OCCCCC(=N)N)c1. The van der Waals surface area contributed by atoms with E-state index in [1.165, 1.54) is 5.56 Å². The fourth-order valence-corrected chi connectivity index (χ4v) is 1.46. The Morgan fingerprint density at radius 3 is 2.75 bits per heavy atom. The van der Waals surface area contributed by atoms with E-state index in [0.717, 1.165) is 24.2 Å². The number of nitrogens with one attached hydrogen (secondary N) is 1. The van der Waals surface area contributed by atoms with Gasteiger partial charge in [0.05, 0.1) is 12.4 Å². The first-order chi connectivity index (χ1) is 7.59. The van der Waals surface area contributed by atoms with Gasteiger partial charge in [-0.25, -0.2) is 0 Å². The molecule has 1 aromatic carbocycles. The largest absolute Gasteiger partial charge is 0.493 e. The molecular weight excluding hydrogens is 200 g/mol. The number of ether oxygens (including phenoxy) is 1. The van der Waals surface area contributed by atoms with E-state index < -0.39 is 0 Å². The molecule has 3 N–H and O–H groups in total. The minimum absolute atomic E-state index is 0.256. The van der Waals surface area contributed by atoms with Gasteiger partial charge in [0.2, 0.25) is 0 Å². The summed E-state index contributed by atoms with van der Waals surface area (Å²) >= 11 is 0. The van der Waals surface area contributed by atoms with Gasteiger partial charge in [-0.15, -0.1) is 0 Å². The molecule has 0 bridgehead atoms. The fourth-order valence-electron chi connectivity index (χ4n) is 1.46. The highest BCUT2D eigenvalue weighted by atomic mass is 16.5. The molecule has 0 amide bonds. The maximum Gasteiger partial charge on any atom is 0.122 e. The predicted molar refractivity (Wildman–Crippen MR) is 67.2 cm³/mol. The van der Waals surface area contributed by atoms with E-state index in [2.05, 4.69) is 25.1 Å². The minimum atomic E-state index is 0.256. The van der Waals surface area contributed by atoms with Crippen molar-refractivity contribution >= 4 is 5.84 Å². The van der Waals surface area contributed by atoms with E-state index >= 15 is 0 Å². The zero-order valence-corrected chi connectivity index (χ0v) is 10.0. The first-order valence-corrected chi connectivity index (χ1v) is 5.62. The summed E-state index contributed by atoms with van der Waals surface area (Å²) in [6.45, 7) is 4.80. The highest BCUT2D eigenvalue weighted by molar-refractivity contribution is 5.76. The van der Waals surface area contributed by atoms with Crippen LogP contribution in [0.2, 0.25) is 0 Å². The molecule has 1 rings (SSSR count). The average Bonchev–Trinajstić information content (AvgIpc) is 2.22. The first kappa shape index (κ1) is 12.6. The van der Waals surface area contributed by atoms with Gasteiger partial charge < -0.3 is 10.5 Å². The lowest BCUT2D eigenvalue weighted by Gasteiger charge is -2.09. The standard InChI is InChI=1S/C13H20N2O/c1-10-6-7-11(2)12(9-10)16-8-4-3-5-13(14)15/h6-7,9H,3-5,8H2,1-2H3,(H3,14,15). The Hall–Kier alpha value is -1.51. The Kier molecular flexibility index (Phi) is 4.83. The molecule has 0 saturated heterocycles.